The molecule has 1 rings (SSSR count). The zero-order valence-corrected chi connectivity index (χ0v) is 17.7. The van der Waals surface area contributed by atoms with Crippen LogP contribution in [-0.4, -0.2) is 30.5 Å². The van der Waals surface area contributed by atoms with Crippen molar-refractivity contribution in [1.82, 2.24) is 5.23 Å². The van der Waals surface area contributed by atoms with E-state index in [1.165, 1.54) is 38.5 Å². The topological polar surface area (TPSA) is 61.8 Å². The molecule has 0 aromatic heterocycles. The van der Waals surface area contributed by atoms with E-state index in [4.69, 9.17) is 9.57 Å². The van der Waals surface area contributed by atoms with Crippen molar-refractivity contribution < 1.29 is 14.4 Å². The Morgan fingerprint density at radius 3 is 2.41 bits per heavy atom. The first kappa shape index (κ1) is 24.1. The predicted octanol–water partition coefficient (Wildman–Crippen LogP) is 5.64. The van der Waals surface area contributed by atoms with Crippen LogP contribution in [0.3, 0.4) is 0 Å². The second-order valence-corrected chi connectivity index (χ2v) is 8.53. The number of rotatable bonds is 14. The molecule has 1 saturated carbocycles. The summed E-state index contributed by atoms with van der Waals surface area (Å²) in [5.41, 5.74) is 0. The van der Waals surface area contributed by atoms with Gasteiger partial charge in [-0.15, -0.1) is 0 Å². The summed E-state index contributed by atoms with van der Waals surface area (Å²) in [6.07, 6.45) is 13.1. The van der Waals surface area contributed by atoms with E-state index in [9.17, 15) is 10.0 Å². The van der Waals surface area contributed by atoms with Gasteiger partial charge in [-0.05, 0) is 43.4 Å². The highest BCUT2D eigenvalue weighted by atomic mass is 16.9. The fourth-order valence-electron chi connectivity index (χ4n) is 3.85. The highest BCUT2D eigenvalue weighted by Crippen LogP contribution is 2.31. The molecule has 0 aromatic carbocycles. The molecule has 1 fully saturated rings. The molecule has 0 aromatic rings. The quantitative estimate of drug-likeness (QED) is 0.168. The Balaban J connectivity index is 2.06. The highest BCUT2D eigenvalue weighted by Gasteiger charge is 2.22. The molecular weight excluding hydrogens is 342 g/mol. The van der Waals surface area contributed by atoms with E-state index >= 15 is 0 Å². The van der Waals surface area contributed by atoms with Gasteiger partial charge in [-0.1, -0.05) is 65.9 Å². The smallest absolute Gasteiger partial charge is 0.330 e. The third-order valence-electron chi connectivity index (χ3n) is 5.61. The Labute approximate surface area is 166 Å². The molecule has 0 N–H and O–H groups in total. The first-order valence-corrected chi connectivity index (χ1v) is 10.8. The molecule has 27 heavy (non-hydrogen) atoms. The molecule has 0 bridgehead atoms. The van der Waals surface area contributed by atoms with Gasteiger partial charge in [-0.3, -0.25) is 5.23 Å². The first-order chi connectivity index (χ1) is 12.9. The summed E-state index contributed by atoms with van der Waals surface area (Å²) >= 11 is 0. The van der Waals surface area contributed by atoms with Crippen molar-refractivity contribution in [1.29, 1.82) is 0 Å². The molecule has 0 spiro atoms. The molecule has 1 atom stereocenters. The minimum absolute atomic E-state index is 0.0636. The normalized spacial score (nSPS) is 21.4. The van der Waals surface area contributed by atoms with E-state index in [0.717, 1.165) is 54.7 Å². The third-order valence-corrected chi connectivity index (χ3v) is 5.61. The van der Waals surface area contributed by atoms with Crippen LogP contribution in [0.25, 0.3) is 0 Å². The molecule has 5 nitrogen and oxygen atoms in total. The average molecular weight is 383 g/mol. The van der Waals surface area contributed by atoms with E-state index in [1.54, 1.807) is 0 Å². The van der Waals surface area contributed by atoms with Gasteiger partial charge in [-0.25, -0.2) is 4.79 Å². The zero-order valence-electron chi connectivity index (χ0n) is 17.7. The number of esters is 1. The van der Waals surface area contributed by atoms with Crippen LogP contribution in [0.15, 0.2) is 12.7 Å². The van der Waals surface area contributed by atoms with Gasteiger partial charge in [0.1, 0.15) is 13.2 Å². The summed E-state index contributed by atoms with van der Waals surface area (Å²) < 4.78 is 4.80. The SMILES string of the molecule is C=CC(=O)OCCON([O-])C1CCC(CCCC(C)CCCC(C)C)CC1. The highest BCUT2D eigenvalue weighted by molar-refractivity contribution is 5.81. The molecule has 5 heteroatoms. The Morgan fingerprint density at radius 1 is 1.11 bits per heavy atom. The maximum atomic E-state index is 12.0. The van der Waals surface area contributed by atoms with Crippen molar-refractivity contribution >= 4 is 5.97 Å². The second-order valence-electron chi connectivity index (χ2n) is 8.53. The van der Waals surface area contributed by atoms with Gasteiger partial charge in [0.25, 0.3) is 0 Å². The number of carbonyl (C=O) groups excluding carboxylic acids is 1. The van der Waals surface area contributed by atoms with E-state index in [0.29, 0.717) is 0 Å². The van der Waals surface area contributed by atoms with Crippen LogP contribution >= 0.6 is 0 Å². The van der Waals surface area contributed by atoms with E-state index in [2.05, 4.69) is 27.4 Å². The lowest BCUT2D eigenvalue weighted by molar-refractivity contribution is -0.171. The molecular formula is C22H40NO4-. The lowest BCUT2D eigenvalue weighted by atomic mass is 9.82. The van der Waals surface area contributed by atoms with E-state index in [-0.39, 0.29) is 19.3 Å². The third kappa shape index (κ3) is 11.5. The molecule has 158 valence electrons. The first-order valence-electron chi connectivity index (χ1n) is 10.8. The Bertz CT molecular complexity index is 405. The molecule has 1 aliphatic carbocycles. The van der Waals surface area contributed by atoms with Crippen molar-refractivity contribution in [3.05, 3.63) is 17.9 Å². The number of ether oxygens (including phenoxy) is 1. The molecule has 0 aliphatic heterocycles. The number of nitrogens with zero attached hydrogens (tertiary/aromatic N) is 1. The van der Waals surface area contributed by atoms with E-state index < -0.39 is 5.97 Å². The maximum absolute atomic E-state index is 12.0. The summed E-state index contributed by atoms with van der Waals surface area (Å²) in [6.45, 7) is 10.5. The largest absolute Gasteiger partial charge is 0.762 e. The monoisotopic (exact) mass is 382 g/mol. The summed E-state index contributed by atoms with van der Waals surface area (Å²) in [5.74, 6) is 1.91. The van der Waals surface area contributed by atoms with Gasteiger partial charge in [0, 0.05) is 12.1 Å². The zero-order chi connectivity index (χ0) is 20.1. The fourth-order valence-corrected chi connectivity index (χ4v) is 3.85. The molecule has 0 saturated heterocycles. The Morgan fingerprint density at radius 2 is 1.78 bits per heavy atom. The standard InChI is InChI=1S/C22H40NO4/c1-5-22(24)26-16-17-27-23(25)21-14-12-20(13-15-21)11-7-10-19(4)9-6-8-18(2)3/h5,18-21H,1,6-17H2,2-4H3/q-1. The lowest BCUT2D eigenvalue weighted by Gasteiger charge is -2.39. The number of hydrogen-bond donors (Lipinski definition) is 0. The fraction of sp³-hybridized carbons (Fsp3) is 0.864. The van der Waals surface area contributed by atoms with Crippen LogP contribution in [0.5, 0.6) is 0 Å². The summed E-state index contributed by atoms with van der Waals surface area (Å²) in [6, 6.07) is -0.0636. The van der Waals surface area contributed by atoms with E-state index in [1.807, 2.05) is 0 Å². The molecule has 0 amide bonds. The van der Waals surface area contributed by atoms with Crippen molar-refractivity contribution in [3.63, 3.8) is 0 Å². The molecule has 0 heterocycles. The van der Waals surface area contributed by atoms with Crippen LogP contribution < -0.4 is 0 Å². The van der Waals surface area contributed by atoms with Crippen molar-refractivity contribution in [2.24, 2.45) is 17.8 Å². The van der Waals surface area contributed by atoms with Crippen LogP contribution in [0.1, 0.15) is 85.0 Å². The predicted molar refractivity (Wildman–Crippen MR) is 110 cm³/mol. The van der Waals surface area contributed by atoms with Crippen molar-refractivity contribution in [2.75, 3.05) is 13.2 Å². The minimum Gasteiger partial charge on any atom is -0.762 e. The Kier molecular flexibility index (Phi) is 12.6. The van der Waals surface area contributed by atoms with Gasteiger partial charge in [0.05, 0.1) is 0 Å². The van der Waals surface area contributed by atoms with Crippen molar-refractivity contribution in [3.8, 4) is 0 Å². The number of hydrogen-bond acceptors (Lipinski definition) is 5. The van der Waals surface area contributed by atoms with Crippen LogP contribution in [0.2, 0.25) is 0 Å². The number of carbonyl (C=O) groups is 1. The molecule has 1 unspecified atom stereocenters. The lowest BCUT2D eigenvalue weighted by Crippen LogP contribution is -2.35. The van der Waals surface area contributed by atoms with Crippen LogP contribution in [0, 0.1) is 23.0 Å². The van der Waals surface area contributed by atoms with Crippen LogP contribution in [0.4, 0.5) is 0 Å². The summed E-state index contributed by atoms with van der Waals surface area (Å²) in [4.78, 5) is 16.1. The maximum Gasteiger partial charge on any atom is 0.330 e. The molecule has 1 aliphatic rings. The van der Waals surface area contributed by atoms with Gasteiger partial charge in [0.2, 0.25) is 0 Å². The van der Waals surface area contributed by atoms with Crippen molar-refractivity contribution in [2.45, 2.75) is 91.0 Å². The average Bonchev–Trinajstić information content (AvgIpc) is 2.65. The second kappa shape index (κ2) is 14.1. The molecule has 0 radical (unpaired) electrons. The minimum atomic E-state index is -0.495. The van der Waals surface area contributed by atoms with Gasteiger partial charge in [0.15, 0.2) is 0 Å². The summed E-state index contributed by atoms with van der Waals surface area (Å²) in [7, 11) is 0. The summed E-state index contributed by atoms with van der Waals surface area (Å²) in [5, 5.41) is 12.7. The van der Waals surface area contributed by atoms with Crippen LogP contribution in [-0.2, 0) is 14.4 Å². The van der Waals surface area contributed by atoms with Gasteiger partial charge < -0.3 is 14.8 Å². The van der Waals surface area contributed by atoms with Gasteiger partial charge in [-0.2, -0.15) is 0 Å². The number of hydroxylamine groups is 2. The Hall–Kier alpha value is -0.910. The van der Waals surface area contributed by atoms with Gasteiger partial charge >= 0.3 is 5.97 Å².